The number of benzene rings is 1. The molecule has 0 fully saturated rings. The molecule has 0 bridgehead atoms. The molecule has 0 saturated heterocycles. The predicted molar refractivity (Wildman–Crippen MR) is 80.7 cm³/mol. The first-order valence-corrected chi connectivity index (χ1v) is 6.76. The molecule has 3 nitrogen and oxygen atoms in total. The zero-order chi connectivity index (χ0) is 14.3. The molecule has 0 radical (unpaired) electrons. The van der Waals surface area contributed by atoms with Crippen LogP contribution in [0.2, 0.25) is 10.0 Å². The molecule has 0 aliphatic carbocycles. The van der Waals surface area contributed by atoms with Gasteiger partial charge in [0.2, 0.25) is 0 Å². The van der Waals surface area contributed by atoms with Gasteiger partial charge in [0.25, 0.3) is 0 Å². The quantitative estimate of drug-likeness (QED) is 0.713. The van der Waals surface area contributed by atoms with Crippen LogP contribution in [0, 0.1) is 6.92 Å². The number of halogens is 2. The zero-order valence-corrected chi connectivity index (χ0v) is 12.1. The third kappa shape index (κ3) is 2.09. The van der Waals surface area contributed by atoms with Crippen molar-refractivity contribution in [2.45, 2.75) is 6.92 Å². The molecule has 0 atom stereocenters. The van der Waals surface area contributed by atoms with E-state index >= 15 is 0 Å². The van der Waals surface area contributed by atoms with Gasteiger partial charge in [-0.2, -0.15) is 0 Å². The van der Waals surface area contributed by atoms with Crippen molar-refractivity contribution in [1.29, 1.82) is 0 Å². The maximum atomic E-state index is 12.6. The minimum absolute atomic E-state index is 0.170. The minimum atomic E-state index is -0.170. The van der Waals surface area contributed by atoms with Crippen LogP contribution in [0.3, 0.4) is 0 Å². The lowest BCUT2D eigenvalue weighted by Gasteiger charge is -2.04. The normalized spacial score (nSPS) is 10.9. The van der Waals surface area contributed by atoms with Gasteiger partial charge in [-0.05, 0) is 30.7 Å². The average Bonchev–Trinajstić information content (AvgIpc) is 2.83. The summed E-state index contributed by atoms with van der Waals surface area (Å²) in [7, 11) is 0. The van der Waals surface area contributed by atoms with E-state index < -0.39 is 0 Å². The van der Waals surface area contributed by atoms with E-state index in [-0.39, 0.29) is 5.78 Å². The van der Waals surface area contributed by atoms with Crippen LogP contribution in [0.25, 0.3) is 11.0 Å². The molecule has 5 heteroatoms. The van der Waals surface area contributed by atoms with Crippen LogP contribution in [0.5, 0.6) is 0 Å². The lowest BCUT2D eigenvalue weighted by atomic mass is 10.0. The Bertz CT molecular complexity index is 824. The second-order valence-electron chi connectivity index (χ2n) is 4.53. The van der Waals surface area contributed by atoms with Crippen LogP contribution in [0.15, 0.2) is 36.7 Å². The fourth-order valence-corrected chi connectivity index (χ4v) is 2.71. The number of carbonyl (C=O) groups excluding carboxylic acids is 1. The van der Waals surface area contributed by atoms with Crippen LogP contribution in [-0.2, 0) is 0 Å². The Morgan fingerprint density at radius 1 is 1.15 bits per heavy atom. The van der Waals surface area contributed by atoms with Crippen molar-refractivity contribution in [3.63, 3.8) is 0 Å². The Kier molecular flexibility index (Phi) is 3.24. The second kappa shape index (κ2) is 4.93. The van der Waals surface area contributed by atoms with Crippen LogP contribution in [0.1, 0.15) is 21.5 Å². The Morgan fingerprint density at radius 3 is 2.70 bits per heavy atom. The van der Waals surface area contributed by atoms with E-state index in [9.17, 15) is 4.79 Å². The summed E-state index contributed by atoms with van der Waals surface area (Å²) in [6, 6.07) is 7.01. The molecule has 0 aliphatic heterocycles. The fourth-order valence-electron chi connectivity index (χ4n) is 2.15. The van der Waals surface area contributed by atoms with Gasteiger partial charge in [0, 0.05) is 23.3 Å². The number of H-pyrrole nitrogens is 1. The molecule has 0 amide bonds. The van der Waals surface area contributed by atoms with E-state index in [4.69, 9.17) is 23.2 Å². The third-order valence-electron chi connectivity index (χ3n) is 3.14. The van der Waals surface area contributed by atoms with Crippen molar-refractivity contribution in [1.82, 2.24) is 9.97 Å². The Labute approximate surface area is 125 Å². The summed E-state index contributed by atoms with van der Waals surface area (Å²) in [6.07, 6.45) is 3.20. The molecular formula is C15H10Cl2N2O. The summed E-state index contributed by atoms with van der Waals surface area (Å²) in [5.41, 5.74) is 2.52. The van der Waals surface area contributed by atoms with Crippen molar-refractivity contribution in [2.24, 2.45) is 0 Å². The van der Waals surface area contributed by atoms with Gasteiger partial charge in [0.1, 0.15) is 5.65 Å². The monoisotopic (exact) mass is 304 g/mol. The van der Waals surface area contributed by atoms with E-state index in [0.717, 1.165) is 5.56 Å². The molecule has 1 aromatic carbocycles. The van der Waals surface area contributed by atoms with Crippen molar-refractivity contribution in [2.75, 3.05) is 0 Å². The number of carbonyl (C=O) groups is 1. The molecule has 2 heterocycles. The summed E-state index contributed by atoms with van der Waals surface area (Å²) in [4.78, 5) is 19.7. The number of ketones is 1. The van der Waals surface area contributed by atoms with Crippen LogP contribution >= 0.6 is 23.2 Å². The predicted octanol–water partition coefficient (Wildman–Crippen LogP) is 4.41. The Morgan fingerprint density at radius 2 is 1.95 bits per heavy atom. The summed E-state index contributed by atoms with van der Waals surface area (Å²) in [6.45, 7) is 1.92. The number of nitrogens with zero attached hydrogens (tertiary/aromatic N) is 1. The third-order valence-corrected chi connectivity index (χ3v) is 3.76. The zero-order valence-electron chi connectivity index (χ0n) is 10.6. The topological polar surface area (TPSA) is 45.8 Å². The first kappa shape index (κ1) is 13.2. The summed E-state index contributed by atoms with van der Waals surface area (Å²) >= 11 is 12.3. The number of aromatic nitrogens is 2. The number of aromatic amines is 1. The first-order chi connectivity index (χ1) is 9.58. The van der Waals surface area contributed by atoms with Gasteiger partial charge in [-0.3, -0.25) is 4.79 Å². The highest BCUT2D eigenvalue weighted by Gasteiger charge is 2.19. The lowest BCUT2D eigenvalue weighted by Crippen LogP contribution is -2.01. The van der Waals surface area contributed by atoms with Gasteiger partial charge in [-0.15, -0.1) is 0 Å². The van der Waals surface area contributed by atoms with Crippen molar-refractivity contribution < 1.29 is 4.79 Å². The number of fused-ring (bicyclic) bond motifs is 1. The largest absolute Gasteiger partial charge is 0.345 e. The van der Waals surface area contributed by atoms with Crippen molar-refractivity contribution in [3.8, 4) is 0 Å². The maximum absolute atomic E-state index is 12.6. The summed E-state index contributed by atoms with van der Waals surface area (Å²) in [5, 5.41) is 1.54. The average molecular weight is 305 g/mol. The van der Waals surface area contributed by atoms with Gasteiger partial charge in [0.05, 0.1) is 15.6 Å². The molecule has 0 saturated carbocycles. The smallest absolute Gasteiger partial charge is 0.196 e. The number of hydrogen-bond donors (Lipinski definition) is 1. The minimum Gasteiger partial charge on any atom is -0.345 e. The highest BCUT2D eigenvalue weighted by atomic mass is 35.5. The number of aryl methyl sites for hydroxylation is 1. The summed E-state index contributed by atoms with van der Waals surface area (Å²) < 4.78 is 0. The van der Waals surface area contributed by atoms with Gasteiger partial charge in [-0.25, -0.2) is 4.98 Å². The lowest BCUT2D eigenvalue weighted by molar-refractivity contribution is 0.104. The van der Waals surface area contributed by atoms with Gasteiger partial charge in [-0.1, -0.05) is 29.3 Å². The second-order valence-corrected chi connectivity index (χ2v) is 5.35. The Hall–Kier alpha value is -1.84. The number of hydrogen-bond acceptors (Lipinski definition) is 2. The molecule has 3 aromatic rings. The molecule has 20 heavy (non-hydrogen) atoms. The van der Waals surface area contributed by atoms with Crippen molar-refractivity contribution >= 4 is 40.0 Å². The van der Waals surface area contributed by atoms with E-state index in [0.29, 0.717) is 32.2 Å². The summed E-state index contributed by atoms with van der Waals surface area (Å²) in [5.74, 6) is -0.170. The van der Waals surface area contributed by atoms with Crippen molar-refractivity contribution in [3.05, 3.63) is 63.4 Å². The molecule has 0 unspecified atom stereocenters. The van der Waals surface area contributed by atoms with Gasteiger partial charge >= 0.3 is 0 Å². The fraction of sp³-hybridized carbons (Fsp3) is 0.0667. The van der Waals surface area contributed by atoms with Gasteiger partial charge in [0.15, 0.2) is 5.78 Å². The molecule has 0 aliphatic rings. The first-order valence-electron chi connectivity index (χ1n) is 6.00. The molecule has 2 aromatic heterocycles. The van der Waals surface area contributed by atoms with E-state index in [1.54, 1.807) is 30.6 Å². The van der Waals surface area contributed by atoms with E-state index in [1.807, 2.05) is 13.0 Å². The van der Waals surface area contributed by atoms with Crippen LogP contribution in [0.4, 0.5) is 0 Å². The highest BCUT2D eigenvalue weighted by molar-refractivity contribution is 6.38. The molecule has 3 rings (SSSR count). The molecular weight excluding hydrogens is 295 g/mol. The standard InChI is InChI=1S/C15H10Cl2N2O/c1-8-2-3-9(12(17)6-8)14(20)10-7-19-15-13(10)11(16)4-5-18-15/h2-7H,1H3,(H,18,19). The molecule has 0 spiro atoms. The SMILES string of the molecule is Cc1ccc(C(=O)c2c[nH]c3nccc(Cl)c23)c(Cl)c1. The molecule has 1 N–H and O–H groups in total. The number of rotatable bonds is 2. The number of pyridine rings is 1. The maximum Gasteiger partial charge on any atom is 0.196 e. The highest BCUT2D eigenvalue weighted by Crippen LogP contribution is 2.28. The molecule has 100 valence electrons. The van der Waals surface area contributed by atoms with Gasteiger partial charge < -0.3 is 4.98 Å². The van der Waals surface area contributed by atoms with E-state index in [1.165, 1.54) is 0 Å². The van der Waals surface area contributed by atoms with Crippen LogP contribution < -0.4 is 0 Å². The Balaban J connectivity index is 2.18. The number of nitrogens with one attached hydrogen (secondary N) is 1. The van der Waals surface area contributed by atoms with E-state index in [2.05, 4.69) is 9.97 Å². The van der Waals surface area contributed by atoms with Crippen LogP contribution in [-0.4, -0.2) is 15.8 Å².